The van der Waals surface area contributed by atoms with Gasteiger partial charge in [-0.05, 0) is 29.7 Å². The molecule has 2 heterocycles. The second-order valence-electron chi connectivity index (χ2n) is 6.05. The topological polar surface area (TPSA) is 74.7 Å². The lowest BCUT2D eigenvalue weighted by Crippen LogP contribution is -2.34. The van der Waals surface area contributed by atoms with Gasteiger partial charge >= 0.3 is 6.03 Å². The number of nitrogens with zero attached hydrogens (tertiary/aromatic N) is 2. The molecule has 0 bridgehead atoms. The van der Waals surface area contributed by atoms with E-state index in [1.807, 2.05) is 66.9 Å². The molecule has 0 fully saturated rings. The molecule has 0 atom stereocenters. The Bertz CT molecular complexity index is 986. The number of benzene rings is 2. The van der Waals surface area contributed by atoms with Crippen molar-refractivity contribution in [3.05, 3.63) is 84.3 Å². The molecular weight excluding hydrogens is 326 g/mol. The SMILES string of the molecule is O=C(NCc1cnn(-c2ccccc2)c1)NCc1cc2ccccc2[nH]1. The summed E-state index contributed by atoms with van der Waals surface area (Å²) in [5.74, 6) is 0. The molecule has 2 aromatic heterocycles. The average molecular weight is 345 g/mol. The van der Waals surface area contributed by atoms with E-state index in [1.165, 1.54) is 0 Å². The van der Waals surface area contributed by atoms with Gasteiger partial charge in [-0.15, -0.1) is 0 Å². The predicted octanol–water partition coefficient (Wildman–Crippen LogP) is 3.35. The molecule has 2 amide bonds. The molecule has 0 aliphatic rings. The fourth-order valence-electron chi connectivity index (χ4n) is 2.82. The van der Waals surface area contributed by atoms with Crippen molar-refractivity contribution in [2.24, 2.45) is 0 Å². The third-order valence-corrected chi connectivity index (χ3v) is 4.14. The quantitative estimate of drug-likeness (QED) is 0.519. The number of hydrogen-bond donors (Lipinski definition) is 3. The van der Waals surface area contributed by atoms with Gasteiger partial charge in [-0.25, -0.2) is 9.48 Å². The molecule has 0 aliphatic carbocycles. The number of aromatic amines is 1. The summed E-state index contributed by atoms with van der Waals surface area (Å²) < 4.78 is 1.79. The fourth-order valence-corrected chi connectivity index (χ4v) is 2.82. The van der Waals surface area contributed by atoms with Gasteiger partial charge in [-0.1, -0.05) is 36.4 Å². The van der Waals surface area contributed by atoms with Crippen LogP contribution in [-0.4, -0.2) is 20.8 Å². The molecule has 3 N–H and O–H groups in total. The number of nitrogens with one attached hydrogen (secondary N) is 3. The fraction of sp³-hybridized carbons (Fsp3) is 0.100. The molecule has 26 heavy (non-hydrogen) atoms. The third-order valence-electron chi connectivity index (χ3n) is 4.14. The second-order valence-corrected chi connectivity index (χ2v) is 6.05. The normalized spacial score (nSPS) is 10.8. The summed E-state index contributed by atoms with van der Waals surface area (Å²) >= 11 is 0. The van der Waals surface area contributed by atoms with Crippen LogP contribution in [0.3, 0.4) is 0 Å². The van der Waals surface area contributed by atoms with E-state index in [2.05, 4.69) is 20.7 Å². The van der Waals surface area contributed by atoms with Crippen LogP contribution in [0, 0.1) is 0 Å². The van der Waals surface area contributed by atoms with E-state index in [-0.39, 0.29) is 6.03 Å². The van der Waals surface area contributed by atoms with Gasteiger partial charge in [0.15, 0.2) is 0 Å². The van der Waals surface area contributed by atoms with Gasteiger partial charge in [0.1, 0.15) is 0 Å². The standard InChI is InChI=1S/C20H19N5O/c26-20(22-13-17-10-16-6-4-5-9-19(16)24-17)21-11-15-12-23-25(14-15)18-7-2-1-3-8-18/h1-10,12,14,24H,11,13H2,(H2,21,22,26). The number of para-hydroxylation sites is 2. The van der Waals surface area contributed by atoms with Crippen molar-refractivity contribution in [1.82, 2.24) is 25.4 Å². The summed E-state index contributed by atoms with van der Waals surface area (Å²) in [7, 11) is 0. The highest BCUT2D eigenvalue weighted by Gasteiger charge is 2.05. The van der Waals surface area contributed by atoms with Crippen LogP contribution in [-0.2, 0) is 13.1 Å². The van der Waals surface area contributed by atoms with Crippen molar-refractivity contribution < 1.29 is 4.79 Å². The number of carbonyl (C=O) groups is 1. The number of carbonyl (C=O) groups excluding carboxylic acids is 1. The maximum absolute atomic E-state index is 12.0. The maximum atomic E-state index is 12.0. The lowest BCUT2D eigenvalue weighted by atomic mass is 10.2. The smallest absolute Gasteiger partial charge is 0.315 e. The Morgan fingerprint density at radius 2 is 1.77 bits per heavy atom. The number of rotatable bonds is 5. The Morgan fingerprint density at radius 1 is 1.00 bits per heavy atom. The molecule has 2 aromatic carbocycles. The zero-order chi connectivity index (χ0) is 17.8. The van der Waals surface area contributed by atoms with Crippen LogP contribution in [0.4, 0.5) is 4.79 Å². The molecule has 130 valence electrons. The number of hydrogen-bond acceptors (Lipinski definition) is 2. The molecule has 0 saturated carbocycles. The average Bonchev–Trinajstić information content (AvgIpc) is 3.32. The molecule has 4 rings (SSSR count). The Hall–Kier alpha value is -3.54. The van der Waals surface area contributed by atoms with Gasteiger partial charge in [-0.3, -0.25) is 0 Å². The first kappa shape index (κ1) is 16.0. The minimum atomic E-state index is -0.212. The van der Waals surface area contributed by atoms with Crippen LogP contribution in [0.2, 0.25) is 0 Å². The van der Waals surface area contributed by atoms with Crippen LogP contribution >= 0.6 is 0 Å². The number of urea groups is 1. The molecule has 0 saturated heterocycles. The number of aromatic nitrogens is 3. The first-order valence-corrected chi connectivity index (χ1v) is 8.45. The minimum Gasteiger partial charge on any atom is -0.357 e. The van der Waals surface area contributed by atoms with E-state index >= 15 is 0 Å². The third kappa shape index (κ3) is 3.59. The van der Waals surface area contributed by atoms with E-state index < -0.39 is 0 Å². The lowest BCUT2D eigenvalue weighted by Gasteiger charge is -2.05. The van der Waals surface area contributed by atoms with Gasteiger partial charge in [0.2, 0.25) is 0 Å². The van der Waals surface area contributed by atoms with Gasteiger partial charge in [0.25, 0.3) is 0 Å². The summed E-state index contributed by atoms with van der Waals surface area (Å²) in [5, 5.41) is 11.2. The summed E-state index contributed by atoms with van der Waals surface area (Å²) in [6.07, 6.45) is 3.66. The number of fused-ring (bicyclic) bond motifs is 1. The molecule has 0 radical (unpaired) electrons. The van der Waals surface area contributed by atoms with Crippen molar-refractivity contribution >= 4 is 16.9 Å². The number of amides is 2. The zero-order valence-electron chi connectivity index (χ0n) is 14.1. The molecule has 6 heteroatoms. The molecule has 0 unspecified atom stereocenters. The minimum absolute atomic E-state index is 0.212. The molecule has 6 nitrogen and oxygen atoms in total. The van der Waals surface area contributed by atoms with E-state index in [0.717, 1.165) is 27.8 Å². The summed E-state index contributed by atoms with van der Waals surface area (Å²) in [6.45, 7) is 0.870. The summed E-state index contributed by atoms with van der Waals surface area (Å²) in [6, 6.07) is 19.7. The van der Waals surface area contributed by atoms with Gasteiger partial charge < -0.3 is 15.6 Å². The Balaban J connectivity index is 1.29. The Morgan fingerprint density at radius 3 is 2.62 bits per heavy atom. The molecule has 4 aromatic rings. The van der Waals surface area contributed by atoms with Crippen molar-refractivity contribution in [2.45, 2.75) is 13.1 Å². The van der Waals surface area contributed by atoms with E-state index in [4.69, 9.17) is 0 Å². The number of H-pyrrole nitrogens is 1. The highest BCUT2D eigenvalue weighted by atomic mass is 16.2. The van der Waals surface area contributed by atoms with Crippen molar-refractivity contribution in [1.29, 1.82) is 0 Å². The van der Waals surface area contributed by atoms with E-state index in [0.29, 0.717) is 13.1 Å². The highest BCUT2D eigenvalue weighted by Crippen LogP contribution is 2.14. The summed E-state index contributed by atoms with van der Waals surface area (Å²) in [4.78, 5) is 15.3. The van der Waals surface area contributed by atoms with Crippen molar-refractivity contribution in [3.8, 4) is 5.69 Å². The van der Waals surface area contributed by atoms with Gasteiger partial charge in [0, 0.05) is 29.5 Å². The van der Waals surface area contributed by atoms with Crippen molar-refractivity contribution in [2.75, 3.05) is 0 Å². The largest absolute Gasteiger partial charge is 0.357 e. The van der Waals surface area contributed by atoms with Crippen LogP contribution in [0.25, 0.3) is 16.6 Å². The second kappa shape index (κ2) is 7.14. The van der Waals surface area contributed by atoms with E-state index in [9.17, 15) is 4.79 Å². The maximum Gasteiger partial charge on any atom is 0.315 e. The van der Waals surface area contributed by atoms with Crippen LogP contribution < -0.4 is 10.6 Å². The van der Waals surface area contributed by atoms with Gasteiger partial charge in [0.05, 0.1) is 18.4 Å². The van der Waals surface area contributed by atoms with Crippen LogP contribution in [0.5, 0.6) is 0 Å². The summed E-state index contributed by atoms with van der Waals surface area (Å²) in [5.41, 5.74) is 3.97. The van der Waals surface area contributed by atoms with Gasteiger partial charge in [-0.2, -0.15) is 5.10 Å². The van der Waals surface area contributed by atoms with Crippen LogP contribution in [0.1, 0.15) is 11.3 Å². The first-order chi connectivity index (χ1) is 12.8. The highest BCUT2D eigenvalue weighted by molar-refractivity contribution is 5.80. The Labute approximate surface area is 150 Å². The molecule has 0 spiro atoms. The predicted molar refractivity (Wildman–Crippen MR) is 101 cm³/mol. The zero-order valence-corrected chi connectivity index (χ0v) is 14.1. The lowest BCUT2D eigenvalue weighted by molar-refractivity contribution is 0.240. The molecular formula is C20H19N5O. The Kier molecular flexibility index (Phi) is 4.38. The van der Waals surface area contributed by atoms with E-state index in [1.54, 1.807) is 10.9 Å². The molecule has 0 aliphatic heterocycles. The van der Waals surface area contributed by atoms with Crippen LogP contribution in [0.15, 0.2) is 73.1 Å². The monoisotopic (exact) mass is 345 g/mol. The first-order valence-electron chi connectivity index (χ1n) is 8.45. The van der Waals surface area contributed by atoms with Crippen molar-refractivity contribution in [3.63, 3.8) is 0 Å².